The number of urea groups is 1. The summed E-state index contributed by atoms with van der Waals surface area (Å²) in [6.07, 6.45) is 3.56. The van der Waals surface area contributed by atoms with Gasteiger partial charge in [-0.05, 0) is 62.4 Å². The second-order valence-corrected chi connectivity index (χ2v) is 13.5. The molecular weight excluding hydrogens is 602 g/mol. The maximum Gasteiger partial charge on any atom is 0.320 e. The second-order valence-electron chi connectivity index (χ2n) is 13.5. The smallest absolute Gasteiger partial charge is 0.320 e. The summed E-state index contributed by atoms with van der Waals surface area (Å²) in [6, 6.07) is 30.7. The van der Waals surface area contributed by atoms with Gasteiger partial charge in [0.2, 0.25) is 0 Å². The normalized spacial score (nSPS) is 21.5. The molecule has 6 rings (SSSR count). The number of ether oxygens (including phenoxy) is 1. The van der Waals surface area contributed by atoms with Gasteiger partial charge in [-0.1, -0.05) is 78.9 Å². The molecule has 1 N–H and O–H groups in total. The number of nitrogens with one attached hydrogen (secondary N) is 1. The number of piperidine rings is 1. The molecular formula is C39H49N5O4. The third-order valence-corrected chi connectivity index (χ3v) is 10.7. The van der Waals surface area contributed by atoms with Gasteiger partial charge in [-0.25, -0.2) is 4.79 Å². The third kappa shape index (κ3) is 7.74. The number of likely N-dealkylation sites (tertiary alicyclic amines) is 2. The lowest BCUT2D eigenvalue weighted by Gasteiger charge is -2.45. The van der Waals surface area contributed by atoms with Crippen LogP contribution >= 0.6 is 0 Å². The van der Waals surface area contributed by atoms with Crippen LogP contribution in [0.4, 0.5) is 4.79 Å². The van der Waals surface area contributed by atoms with E-state index in [-0.39, 0.29) is 29.9 Å². The second kappa shape index (κ2) is 15.3. The molecule has 9 nitrogen and oxygen atoms in total. The molecule has 0 aromatic heterocycles. The molecule has 0 saturated carbocycles. The van der Waals surface area contributed by atoms with Crippen LogP contribution < -0.4 is 5.32 Å². The molecule has 0 aliphatic carbocycles. The maximum atomic E-state index is 13.7. The number of carbonyl (C=O) groups excluding carboxylic acids is 3. The molecule has 3 saturated heterocycles. The molecule has 0 spiro atoms. The summed E-state index contributed by atoms with van der Waals surface area (Å²) in [5.74, 6) is -0.110. The Labute approximate surface area is 284 Å². The van der Waals surface area contributed by atoms with Gasteiger partial charge in [0.05, 0.1) is 18.7 Å². The fraction of sp³-hybridized carbons (Fsp3) is 0.462. The number of hydrogen-bond donors (Lipinski definition) is 1. The van der Waals surface area contributed by atoms with E-state index in [1.807, 2.05) is 53.1 Å². The summed E-state index contributed by atoms with van der Waals surface area (Å²) < 4.78 is 5.10. The van der Waals surface area contributed by atoms with Crippen molar-refractivity contribution >= 4 is 17.9 Å². The highest BCUT2D eigenvalue weighted by molar-refractivity contribution is 5.94. The first-order chi connectivity index (χ1) is 23.4. The molecule has 3 aliphatic rings. The topological polar surface area (TPSA) is 85.4 Å². The molecule has 3 heterocycles. The number of esters is 1. The SMILES string of the molecule is CCOC(=O)CN1CCN(C(=O)NC2(c3ccccc3)CCN(CCC3(c4ccccc4)CCN(C(=O)c4ccccc4)C3)CC2)CC1. The van der Waals surface area contributed by atoms with Gasteiger partial charge in [0.25, 0.3) is 5.91 Å². The fourth-order valence-electron chi connectivity index (χ4n) is 7.74. The zero-order chi connectivity index (χ0) is 33.4. The van der Waals surface area contributed by atoms with E-state index in [0.717, 1.165) is 69.5 Å². The van der Waals surface area contributed by atoms with Gasteiger partial charge in [0.15, 0.2) is 0 Å². The summed E-state index contributed by atoms with van der Waals surface area (Å²) in [6.45, 7) is 9.06. The van der Waals surface area contributed by atoms with Crippen LogP contribution in [0.2, 0.25) is 0 Å². The number of nitrogens with zero attached hydrogens (tertiary/aromatic N) is 4. The lowest BCUT2D eigenvalue weighted by atomic mass is 9.76. The van der Waals surface area contributed by atoms with Crippen molar-refractivity contribution in [1.82, 2.24) is 24.9 Å². The molecule has 0 bridgehead atoms. The molecule has 9 heteroatoms. The van der Waals surface area contributed by atoms with Crippen molar-refractivity contribution in [2.75, 3.05) is 72.1 Å². The monoisotopic (exact) mass is 651 g/mol. The van der Waals surface area contributed by atoms with E-state index in [1.165, 1.54) is 5.56 Å². The van der Waals surface area contributed by atoms with Crippen molar-refractivity contribution < 1.29 is 19.1 Å². The molecule has 3 fully saturated rings. The Hall–Kier alpha value is -4.21. The summed E-state index contributed by atoms with van der Waals surface area (Å²) >= 11 is 0. The van der Waals surface area contributed by atoms with Crippen molar-refractivity contribution in [2.45, 2.75) is 43.6 Å². The zero-order valence-corrected chi connectivity index (χ0v) is 28.2. The van der Waals surface area contributed by atoms with Crippen molar-refractivity contribution in [3.05, 3.63) is 108 Å². The van der Waals surface area contributed by atoms with Crippen LogP contribution in [-0.4, -0.2) is 110 Å². The molecule has 254 valence electrons. The predicted octanol–water partition coefficient (Wildman–Crippen LogP) is 4.74. The summed E-state index contributed by atoms with van der Waals surface area (Å²) in [5.41, 5.74) is 2.66. The number of rotatable bonds is 10. The van der Waals surface area contributed by atoms with E-state index >= 15 is 0 Å². The third-order valence-electron chi connectivity index (χ3n) is 10.7. The van der Waals surface area contributed by atoms with E-state index in [0.29, 0.717) is 32.8 Å². The molecule has 48 heavy (non-hydrogen) atoms. The number of piperazine rings is 1. The lowest BCUT2D eigenvalue weighted by molar-refractivity contribution is -0.144. The zero-order valence-electron chi connectivity index (χ0n) is 28.2. The van der Waals surface area contributed by atoms with Crippen molar-refractivity contribution in [2.24, 2.45) is 0 Å². The van der Waals surface area contributed by atoms with Gasteiger partial charge in [-0.3, -0.25) is 14.5 Å². The van der Waals surface area contributed by atoms with Gasteiger partial charge in [-0.2, -0.15) is 0 Å². The minimum absolute atomic E-state index is 0.0414. The van der Waals surface area contributed by atoms with Gasteiger partial charge < -0.3 is 24.8 Å². The molecule has 0 radical (unpaired) electrons. The molecule has 3 aromatic carbocycles. The van der Waals surface area contributed by atoms with Crippen LogP contribution in [0.3, 0.4) is 0 Å². The Bertz CT molecular complexity index is 1510. The first-order valence-corrected chi connectivity index (χ1v) is 17.5. The van der Waals surface area contributed by atoms with Crippen molar-refractivity contribution in [3.8, 4) is 0 Å². The maximum absolute atomic E-state index is 13.7. The standard InChI is InChI=1S/C39H49N5O4/c1-2-48-35(45)30-42-26-28-43(29-27-42)37(47)40-39(34-16-10-5-11-17-34)20-23-41(24-21-39)22-18-38(33-14-8-4-9-15-33)19-25-44(31-38)36(46)32-12-6-3-7-13-32/h3-17H,2,18-31H2,1H3,(H,40,47). The largest absolute Gasteiger partial charge is 0.465 e. The molecule has 1 atom stereocenters. The van der Waals surface area contributed by atoms with Crippen molar-refractivity contribution in [1.29, 1.82) is 0 Å². The van der Waals surface area contributed by atoms with E-state index in [1.54, 1.807) is 0 Å². The Morgan fingerprint density at radius 1 is 0.688 bits per heavy atom. The van der Waals surface area contributed by atoms with Gasteiger partial charge >= 0.3 is 12.0 Å². The number of carbonyl (C=O) groups is 3. The van der Waals surface area contributed by atoms with E-state index < -0.39 is 5.54 Å². The highest BCUT2D eigenvalue weighted by Crippen LogP contribution is 2.40. The van der Waals surface area contributed by atoms with Gasteiger partial charge in [-0.15, -0.1) is 0 Å². The molecule has 3 amide bonds. The number of benzene rings is 3. The summed E-state index contributed by atoms with van der Waals surface area (Å²) in [4.78, 5) is 47.6. The molecule has 3 aliphatic heterocycles. The van der Waals surface area contributed by atoms with Gasteiger partial charge in [0, 0.05) is 63.3 Å². The van der Waals surface area contributed by atoms with E-state index in [9.17, 15) is 14.4 Å². The Morgan fingerprint density at radius 3 is 1.92 bits per heavy atom. The van der Waals surface area contributed by atoms with Crippen LogP contribution in [-0.2, 0) is 20.5 Å². The number of hydrogen-bond acceptors (Lipinski definition) is 6. The Balaban J connectivity index is 1.09. The highest BCUT2D eigenvalue weighted by Gasteiger charge is 2.43. The first-order valence-electron chi connectivity index (χ1n) is 17.5. The van der Waals surface area contributed by atoms with Crippen LogP contribution in [0.1, 0.15) is 54.1 Å². The van der Waals surface area contributed by atoms with Crippen molar-refractivity contribution in [3.63, 3.8) is 0 Å². The molecule has 3 aromatic rings. The minimum atomic E-state index is -0.444. The number of amides is 3. The van der Waals surface area contributed by atoms with E-state index in [4.69, 9.17) is 4.74 Å². The minimum Gasteiger partial charge on any atom is -0.465 e. The van der Waals surface area contributed by atoms with Crippen LogP contribution in [0.15, 0.2) is 91.0 Å². The van der Waals surface area contributed by atoms with Crippen LogP contribution in [0.25, 0.3) is 0 Å². The van der Waals surface area contributed by atoms with Crippen LogP contribution in [0, 0.1) is 0 Å². The fourth-order valence-corrected chi connectivity index (χ4v) is 7.74. The first kappa shape index (κ1) is 33.7. The van der Waals surface area contributed by atoms with Gasteiger partial charge in [0.1, 0.15) is 0 Å². The average Bonchev–Trinajstić information content (AvgIpc) is 3.58. The van der Waals surface area contributed by atoms with Crippen LogP contribution in [0.5, 0.6) is 0 Å². The quantitative estimate of drug-likeness (QED) is 0.319. The highest BCUT2D eigenvalue weighted by atomic mass is 16.5. The lowest BCUT2D eigenvalue weighted by Crippen LogP contribution is -2.59. The Morgan fingerprint density at radius 2 is 1.29 bits per heavy atom. The Kier molecular flexibility index (Phi) is 10.8. The molecule has 1 unspecified atom stereocenters. The summed E-state index contributed by atoms with van der Waals surface area (Å²) in [5, 5.41) is 3.49. The average molecular weight is 652 g/mol. The predicted molar refractivity (Wildman–Crippen MR) is 187 cm³/mol. The summed E-state index contributed by atoms with van der Waals surface area (Å²) in [7, 11) is 0. The van der Waals surface area contributed by atoms with E-state index in [2.05, 4.69) is 69.7 Å².